The molecule has 0 radical (unpaired) electrons. The van der Waals surface area contributed by atoms with Gasteiger partial charge in [-0.2, -0.15) is 23.4 Å². The Morgan fingerprint density at radius 1 is 1.14 bits per heavy atom. The van der Waals surface area contributed by atoms with Crippen LogP contribution in [-0.4, -0.2) is 48.4 Å². The maximum atomic E-state index is 13.5. The lowest BCUT2D eigenvalue weighted by molar-refractivity contribution is -0.138. The van der Waals surface area contributed by atoms with E-state index in [1.54, 1.807) is 24.3 Å². The molecule has 2 atom stereocenters. The van der Waals surface area contributed by atoms with E-state index in [-0.39, 0.29) is 35.2 Å². The number of amidine groups is 1. The quantitative estimate of drug-likeness (QED) is 0.498. The summed E-state index contributed by atoms with van der Waals surface area (Å²) in [5.74, 6) is -0.601. The van der Waals surface area contributed by atoms with Crippen molar-refractivity contribution >= 4 is 28.9 Å². The minimum Gasteiger partial charge on any atom is -0.493 e. The van der Waals surface area contributed by atoms with Crippen LogP contribution in [0.5, 0.6) is 17.2 Å². The number of carbonyl (C=O) groups is 1. The molecule has 4 rings (SSSR count). The van der Waals surface area contributed by atoms with Crippen LogP contribution >= 0.6 is 11.8 Å². The number of amides is 1. The van der Waals surface area contributed by atoms with Gasteiger partial charge in [0.15, 0.2) is 16.7 Å². The van der Waals surface area contributed by atoms with Crippen molar-refractivity contribution in [2.24, 2.45) is 4.99 Å². The fourth-order valence-corrected chi connectivity index (χ4v) is 4.84. The van der Waals surface area contributed by atoms with Gasteiger partial charge in [-0.1, -0.05) is 6.07 Å². The molecule has 0 aromatic heterocycles. The van der Waals surface area contributed by atoms with E-state index in [1.165, 1.54) is 31.0 Å². The highest BCUT2D eigenvalue weighted by molar-refractivity contribution is 8.18. The molecular formula is C25H22F3N3O4S. The fourth-order valence-electron chi connectivity index (χ4n) is 3.91. The Hall–Kier alpha value is -3.49. The van der Waals surface area contributed by atoms with Crippen molar-refractivity contribution in [3.05, 3.63) is 58.0 Å². The second-order valence-electron chi connectivity index (χ2n) is 8.31. The average Bonchev–Trinajstić information content (AvgIpc) is 3.19. The summed E-state index contributed by atoms with van der Waals surface area (Å²) in [4.78, 5) is 19.1. The molecular weight excluding hydrogens is 495 g/mol. The largest absolute Gasteiger partial charge is 0.493 e. The van der Waals surface area contributed by atoms with Gasteiger partial charge in [-0.3, -0.25) is 4.79 Å². The Morgan fingerprint density at radius 2 is 1.83 bits per heavy atom. The van der Waals surface area contributed by atoms with Crippen molar-refractivity contribution in [1.29, 1.82) is 5.26 Å². The summed E-state index contributed by atoms with van der Waals surface area (Å²) in [5, 5.41) is 9.56. The molecule has 1 amide bonds. The molecule has 36 heavy (non-hydrogen) atoms. The van der Waals surface area contributed by atoms with E-state index >= 15 is 0 Å². The first kappa shape index (κ1) is 25.6. The molecule has 11 heteroatoms. The first-order valence-electron chi connectivity index (χ1n) is 11.0. The Kier molecular flexibility index (Phi) is 7.28. The second kappa shape index (κ2) is 10.2. The van der Waals surface area contributed by atoms with Gasteiger partial charge in [-0.15, -0.1) is 0 Å². The summed E-state index contributed by atoms with van der Waals surface area (Å²) in [6.45, 7) is 5.19. The number of hydrogen-bond acceptors (Lipinski definition) is 7. The number of alkyl halides is 3. The minimum atomic E-state index is -4.71. The van der Waals surface area contributed by atoms with E-state index < -0.39 is 17.5 Å². The molecule has 2 aromatic carbocycles. The smallest absolute Gasteiger partial charge is 0.420 e. The van der Waals surface area contributed by atoms with Gasteiger partial charge in [0.1, 0.15) is 5.75 Å². The number of thioether (sulfide) groups is 1. The van der Waals surface area contributed by atoms with Crippen LogP contribution in [0.25, 0.3) is 6.08 Å². The summed E-state index contributed by atoms with van der Waals surface area (Å²) in [6, 6.07) is 9.38. The number of morpholine rings is 1. The molecule has 0 aliphatic carbocycles. The van der Waals surface area contributed by atoms with Gasteiger partial charge in [0.25, 0.3) is 5.91 Å². The number of rotatable bonds is 4. The Bertz CT molecular complexity index is 1280. The first-order chi connectivity index (χ1) is 17.1. The van der Waals surface area contributed by atoms with E-state index in [0.29, 0.717) is 28.7 Å². The van der Waals surface area contributed by atoms with Crippen molar-refractivity contribution in [2.75, 3.05) is 20.2 Å². The van der Waals surface area contributed by atoms with Gasteiger partial charge in [0.2, 0.25) is 0 Å². The van der Waals surface area contributed by atoms with E-state index in [1.807, 2.05) is 18.7 Å². The summed E-state index contributed by atoms with van der Waals surface area (Å²) >= 11 is 1.26. The average molecular weight is 518 g/mol. The lowest BCUT2D eigenvalue weighted by atomic mass is 10.1. The molecule has 188 valence electrons. The highest BCUT2D eigenvalue weighted by Crippen LogP contribution is 2.41. The molecule has 2 aliphatic heterocycles. The molecule has 1 saturated heterocycles. The van der Waals surface area contributed by atoms with Gasteiger partial charge in [-0.05, 0) is 67.6 Å². The number of aliphatic imine (C=N–C) groups is 1. The van der Waals surface area contributed by atoms with Gasteiger partial charge in [-0.25, -0.2) is 0 Å². The number of nitrogens with zero attached hydrogens (tertiary/aromatic N) is 3. The third-order valence-corrected chi connectivity index (χ3v) is 6.46. The number of hydrogen-bond donors (Lipinski definition) is 0. The zero-order valence-electron chi connectivity index (χ0n) is 19.6. The highest BCUT2D eigenvalue weighted by Gasteiger charge is 2.35. The maximum Gasteiger partial charge on any atom is 0.420 e. The van der Waals surface area contributed by atoms with Crippen molar-refractivity contribution in [2.45, 2.75) is 32.2 Å². The zero-order chi connectivity index (χ0) is 26.0. The SMILES string of the molecule is COc1cc(/C=C2/SC(N3CC(C)OC(C)C3)=NC2=O)ccc1Oc1ccc(C#N)cc1C(F)(F)F. The Morgan fingerprint density at radius 3 is 2.47 bits per heavy atom. The topological polar surface area (TPSA) is 84.2 Å². The number of methoxy groups -OCH3 is 1. The monoisotopic (exact) mass is 517 g/mol. The van der Waals surface area contributed by atoms with Crippen molar-refractivity contribution in [3.63, 3.8) is 0 Å². The van der Waals surface area contributed by atoms with Crippen LogP contribution in [0.15, 0.2) is 46.3 Å². The van der Waals surface area contributed by atoms with Gasteiger partial charge >= 0.3 is 6.18 Å². The predicted octanol–water partition coefficient (Wildman–Crippen LogP) is 5.46. The molecule has 7 nitrogen and oxygen atoms in total. The summed E-state index contributed by atoms with van der Waals surface area (Å²) in [5.41, 5.74) is -0.616. The van der Waals surface area contributed by atoms with Crippen LogP contribution in [0.4, 0.5) is 13.2 Å². The Labute approximate surface area is 210 Å². The molecule has 0 saturated carbocycles. The van der Waals surface area contributed by atoms with Crippen LogP contribution in [0.1, 0.15) is 30.5 Å². The number of ether oxygens (including phenoxy) is 3. The molecule has 0 spiro atoms. The van der Waals surface area contributed by atoms with Gasteiger partial charge in [0.05, 0.1) is 41.4 Å². The van der Waals surface area contributed by atoms with Gasteiger partial charge in [0, 0.05) is 13.1 Å². The molecule has 1 fully saturated rings. The highest BCUT2D eigenvalue weighted by atomic mass is 32.2. The van der Waals surface area contributed by atoms with Crippen molar-refractivity contribution in [3.8, 4) is 23.3 Å². The van der Waals surface area contributed by atoms with Crippen molar-refractivity contribution < 1.29 is 32.2 Å². The number of nitriles is 1. The lowest BCUT2D eigenvalue weighted by Crippen LogP contribution is -2.47. The molecule has 0 bridgehead atoms. The molecule has 2 aromatic rings. The Balaban J connectivity index is 1.55. The molecule has 2 heterocycles. The van der Waals surface area contributed by atoms with Crippen LogP contribution in [0, 0.1) is 11.3 Å². The fraction of sp³-hybridized carbons (Fsp3) is 0.320. The number of carbonyl (C=O) groups excluding carboxylic acids is 1. The summed E-state index contributed by atoms with van der Waals surface area (Å²) in [6.07, 6.45) is -3.03. The molecule has 2 unspecified atom stereocenters. The molecule has 0 N–H and O–H groups in total. The lowest BCUT2D eigenvalue weighted by Gasteiger charge is -2.35. The third kappa shape index (κ3) is 5.66. The normalized spacial score (nSPS) is 21.4. The van der Waals surface area contributed by atoms with Crippen LogP contribution in [-0.2, 0) is 15.7 Å². The van der Waals surface area contributed by atoms with E-state index in [9.17, 15) is 18.0 Å². The van der Waals surface area contributed by atoms with Crippen LogP contribution in [0.2, 0.25) is 0 Å². The predicted molar refractivity (Wildman–Crippen MR) is 129 cm³/mol. The summed E-state index contributed by atoms with van der Waals surface area (Å²) < 4.78 is 57.1. The van der Waals surface area contributed by atoms with Crippen molar-refractivity contribution in [1.82, 2.24) is 4.90 Å². The maximum absolute atomic E-state index is 13.5. The summed E-state index contributed by atoms with van der Waals surface area (Å²) in [7, 11) is 1.36. The van der Waals surface area contributed by atoms with E-state index in [0.717, 1.165) is 12.1 Å². The zero-order valence-corrected chi connectivity index (χ0v) is 20.4. The minimum absolute atomic E-state index is 0.0194. The van der Waals surface area contributed by atoms with Gasteiger partial charge < -0.3 is 19.1 Å². The van der Waals surface area contributed by atoms with E-state index in [2.05, 4.69) is 4.99 Å². The first-order valence-corrected chi connectivity index (χ1v) is 11.8. The second-order valence-corrected chi connectivity index (χ2v) is 9.31. The van der Waals surface area contributed by atoms with Crippen LogP contribution < -0.4 is 9.47 Å². The third-order valence-electron chi connectivity index (χ3n) is 5.42. The molecule has 2 aliphatic rings. The standard InChI is InChI=1S/C25H22F3N3O4S/c1-14-12-31(13-15(2)34-14)24-30-23(32)22(36-24)10-16-4-7-20(21(9-16)33-3)35-19-6-5-17(11-29)8-18(19)25(26,27)28/h4-10,14-15H,12-13H2,1-3H3/b22-10+. The number of benzene rings is 2. The van der Waals surface area contributed by atoms with E-state index in [4.69, 9.17) is 19.5 Å². The number of halogens is 3. The van der Waals surface area contributed by atoms with Crippen LogP contribution in [0.3, 0.4) is 0 Å².